The topological polar surface area (TPSA) is 46.5 Å². The number of benzene rings is 2. The Morgan fingerprint density at radius 3 is 2.00 bits per heavy atom. The van der Waals surface area contributed by atoms with Crippen LogP contribution in [0.2, 0.25) is 0 Å². The molecule has 0 spiro atoms. The van der Waals surface area contributed by atoms with Crippen LogP contribution < -0.4 is 0 Å². The fourth-order valence-corrected chi connectivity index (χ4v) is 3.14. The molecule has 0 aliphatic rings. The molecule has 0 aliphatic heterocycles. The Morgan fingerprint density at radius 1 is 0.852 bits per heavy atom. The molecule has 2 aromatic carbocycles. The van der Waals surface area contributed by atoms with Crippen molar-refractivity contribution in [2.45, 2.75) is 13.8 Å². The number of H-pyrrole nitrogens is 1. The Morgan fingerprint density at radius 2 is 1.48 bits per heavy atom. The normalized spacial score (nSPS) is 10.4. The van der Waals surface area contributed by atoms with E-state index in [0.29, 0.717) is 0 Å². The molecule has 4 rings (SSSR count). The molecular weight excluding hydrogens is 468 g/mol. The number of aromatic amines is 1. The lowest BCUT2D eigenvalue weighted by molar-refractivity contribution is 0.924. The molecule has 0 saturated carbocycles. The molecule has 6 heteroatoms. The lowest BCUT2D eigenvalue weighted by Gasteiger charge is -2.04. The van der Waals surface area contributed by atoms with E-state index in [-0.39, 0.29) is 0 Å². The van der Waals surface area contributed by atoms with E-state index in [1.54, 1.807) is 6.20 Å². The van der Waals surface area contributed by atoms with Gasteiger partial charge in [-0.2, -0.15) is 0 Å². The van der Waals surface area contributed by atoms with Crippen LogP contribution in [-0.4, -0.2) is 19.5 Å². The van der Waals surface area contributed by atoms with Crippen molar-refractivity contribution in [1.29, 1.82) is 0 Å². The van der Waals surface area contributed by atoms with Gasteiger partial charge in [-0.05, 0) is 49.2 Å². The molecule has 4 nitrogen and oxygen atoms in total. The van der Waals surface area contributed by atoms with Gasteiger partial charge in [-0.3, -0.25) is 0 Å². The Hall–Kier alpha value is -2.18. The Bertz CT molecular complexity index is 1040. The number of imidazole rings is 2. The van der Waals surface area contributed by atoms with Gasteiger partial charge in [0.15, 0.2) is 0 Å². The number of aryl methyl sites for hydroxylation is 3. The zero-order chi connectivity index (χ0) is 19.4. The summed E-state index contributed by atoms with van der Waals surface area (Å²) in [5.74, 6) is 1.91. The molecule has 2 aromatic heterocycles. The minimum absolute atomic E-state index is 0.913. The molecule has 0 atom stereocenters. The van der Waals surface area contributed by atoms with Crippen molar-refractivity contribution in [3.8, 4) is 22.8 Å². The molecule has 0 bridgehead atoms. The molecule has 2 heterocycles. The smallest absolute Gasteiger partial charge is 0.139 e. The first-order chi connectivity index (χ1) is 13.0. The standard InChI is InChI=1S/C11H11BrN2.C10H9BrN2/c1-8-7-9(3-4-10(8)12)11-13-5-6-14(11)2;1-7-6-8(2-3-9(7)11)10-12-4-5-13-10/h3-7H,1-2H3;2-6H,1H3,(H,12,13). The first-order valence-electron chi connectivity index (χ1n) is 8.45. The first kappa shape index (κ1) is 19.6. The van der Waals surface area contributed by atoms with Crippen molar-refractivity contribution in [3.63, 3.8) is 0 Å². The predicted octanol–water partition coefficient (Wildman–Crippen LogP) is 6.31. The Balaban J connectivity index is 0.000000156. The summed E-state index contributed by atoms with van der Waals surface area (Å²) in [6.07, 6.45) is 7.35. The summed E-state index contributed by atoms with van der Waals surface area (Å²) in [6, 6.07) is 12.4. The first-order valence-corrected chi connectivity index (χ1v) is 10.0. The van der Waals surface area contributed by atoms with Gasteiger partial charge in [0.05, 0.1) is 0 Å². The number of hydrogen-bond donors (Lipinski definition) is 1. The minimum Gasteiger partial charge on any atom is -0.345 e. The molecule has 4 aromatic rings. The van der Waals surface area contributed by atoms with Crippen LogP contribution in [0.15, 0.2) is 70.1 Å². The summed E-state index contributed by atoms with van der Waals surface area (Å²) in [6.45, 7) is 4.15. The van der Waals surface area contributed by atoms with Gasteiger partial charge in [-0.15, -0.1) is 0 Å². The number of halogens is 2. The summed E-state index contributed by atoms with van der Waals surface area (Å²) in [7, 11) is 2.00. The van der Waals surface area contributed by atoms with Crippen LogP contribution in [-0.2, 0) is 7.05 Å². The molecule has 138 valence electrons. The van der Waals surface area contributed by atoms with Gasteiger partial charge >= 0.3 is 0 Å². The summed E-state index contributed by atoms with van der Waals surface area (Å²) in [4.78, 5) is 11.6. The third-order valence-electron chi connectivity index (χ3n) is 4.17. The number of aromatic nitrogens is 4. The lowest BCUT2D eigenvalue weighted by Crippen LogP contribution is -1.91. The highest BCUT2D eigenvalue weighted by atomic mass is 79.9. The second kappa shape index (κ2) is 8.67. The second-order valence-electron chi connectivity index (χ2n) is 6.23. The SMILES string of the molecule is Cc1cc(-c2ncc[nH]2)ccc1Br.Cc1cc(-c2nccn2C)ccc1Br. The molecule has 1 N–H and O–H groups in total. The number of nitrogens with one attached hydrogen (secondary N) is 1. The zero-order valence-corrected chi connectivity index (χ0v) is 18.5. The van der Waals surface area contributed by atoms with Crippen LogP contribution in [0.5, 0.6) is 0 Å². The quantitative estimate of drug-likeness (QED) is 0.360. The van der Waals surface area contributed by atoms with Crippen LogP contribution >= 0.6 is 31.9 Å². The van der Waals surface area contributed by atoms with E-state index >= 15 is 0 Å². The molecular formula is C21H20Br2N4. The molecule has 0 amide bonds. The van der Waals surface area contributed by atoms with Gasteiger partial charge in [0.1, 0.15) is 11.6 Å². The monoisotopic (exact) mass is 486 g/mol. The van der Waals surface area contributed by atoms with E-state index in [0.717, 1.165) is 31.7 Å². The largest absolute Gasteiger partial charge is 0.345 e. The average molecular weight is 488 g/mol. The molecule has 0 aliphatic carbocycles. The van der Waals surface area contributed by atoms with E-state index in [1.807, 2.05) is 42.3 Å². The van der Waals surface area contributed by atoms with E-state index in [9.17, 15) is 0 Å². The predicted molar refractivity (Wildman–Crippen MR) is 118 cm³/mol. The van der Waals surface area contributed by atoms with Crippen molar-refractivity contribution in [2.24, 2.45) is 7.05 Å². The van der Waals surface area contributed by atoms with Gasteiger partial charge in [-0.25, -0.2) is 9.97 Å². The van der Waals surface area contributed by atoms with Gasteiger partial charge in [0.25, 0.3) is 0 Å². The van der Waals surface area contributed by atoms with Crippen LogP contribution in [0.4, 0.5) is 0 Å². The van der Waals surface area contributed by atoms with E-state index < -0.39 is 0 Å². The van der Waals surface area contributed by atoms with Gasteiger partial charge in [-0.1, -0.05) is 44.0 Å². The van der Waals surface area contributed by atoms with Crippen LogP contribution in [0.1, 0.15) is 11.1 Å². The van der Waals surface area contributed by atoms with Crippen molar-refractivity contribution < 1.29 is 0 Å². The summed E-state index contributed by atoms with van der Waals surface area (Å²) in [5, 5.41) is 0. The van der Waals surface area contributed by atoms with Crippen molar-refractivity contribution >= 4 is 31.9 Å². The molecule has 0 radical (unpaired) electrons. The zero-order valence-electron chi connectivity index (χ0n) is 15.4. The van der Waals surface area contributed by atoms with Gasteiger partial charge in [0, 0.05) is 51.9 Å². The van der Waals surface area contributed by atoms with Crippen LogP contribution in [0.3, 0.4) is 0 Å². The lowest BCUT2D eigenvalue weighted by atomic mass is 10.1. The summed E-state index contributed by atoms with van der Waals surface area (Å²) >= 11 is 6.95. The maximum atomic E-state index is 4.30. The van der Waals surface area contributed by atoms with E-state index in [1.165, 1.54) is 11.1 Å². The maximum absolute atomic E-state index is 4.30. The van der Waals surface area contributed by atoms with E-state index in [4.69, 9.17) is 0 Å². The Kier molecular flexibility index (Phi) is 6.29. The highest BCUT2D eigenvalue weighted by Gasteiger charge is 2.04. The summed E-state index contributed by atoms with van der Waals surface area (Å²) < 4.78 is 4.28. The second-order valence-corrected chi connectivity index (χ2v) is 7.94. The van der Waals surface area contributed by atoms with Gasteiger partial charge in [0.2, 0.25) is 0 Å². The highest BCUT2D eigenvalue weighted by molar-refractivity contribution is 9.10. The van der Waals surface area contributed by atoms with Crippen molar-refractivity contribution in [1.82, 2.24) is 19.5 Å². The number of nitrogens with zero attached hydrogens (tertiary/aromatic N) is 3. The van der Waals surface area contributed by atoms with Gasteiger partial charge < -0.3 is 9.55 Å². The number of hydrogen-bond acceptors (Lipinski definition) is 2. The number of rotatable bonds is 2. The van der Waals surface area contributed by atoms with Crippen LogP contribution in [0.25, 0.3) is 22.8 Å². The Labute approximate surface area is 176 Å². The maximum Gasteiger partial charge on any atom is 0.139 e. The average Bonchev–Trinajstić information content (AvgIpc) is 3.32. The van der Waals surface area contributed by atoms with Crippen molar-refractivity contribution in [3.05, 3.63) is 81.3 Å². The molecule has 27 heavy (non-hydrogen) atoms. The van der Waals surface area contributed by atoms with E-state index in [2.05, 4.69) is 84.9 Å². The molecule has 0 unspecified atom stereocenters. The fourth-order valence-electron chi connectivity index (χ4n) is 2.64. The van der Waals surface area contributed by atoms with Crippen LogP contribution in [0, 0.1) is 13.8 Å². The molecule has 0 fully saturated rings. The molecule has 0 saturated heterocycles. The summed E-state index contributed by atoms with van der Waals surface area (Å²) in [5.41, 5.74) is 4.71. The third-order valence-corrected chi connectivity index (χ3v) is 5.95. The minimum atomic E-state index is 0.913. The third kappa shape index (κ3) is 4.76. The van der Waals surface area contributed by atoms with Crippen molar-refractivity contribution in [2.75, 3.05) is 0 Å². The highest BCUT2D eigenvalue weighted by Crippen LogP contribution is 2.23. The fraction of sp³-hybridized carbons (Fsp3) is 0.143.